The molecule has 0 radical (unpaired) electrons. The minimum Gasteiger partial charge on any atom is -0.331 e. The molecule has 1 amide bonds. The number of benzene rings is 3. The van der Waals surface area contributed by atoms with Crippen molar-refractivity contribution < 1.29 is 22.0 Å². The normalized spacial score (nSPS) is 13.6. The molecule has 1 fully saturated rings. The van der Waals surface area contributed by atoms with Crippen molar-refractivity contribution in [3.05, 3.63) is 95.6 Å². The summed E-state index contributed by atoms with van der Waals surface area (Å²) in [6, 6.07) is 16.8. The number of carbonyl (C=O) groups excluding carboxylic acids is 1. The third-order valence-electron chi connectivity index (χ3n) is 5.00. The standard InChI is InChI=1S/C23H20F2N2O3S/c24-18-6-8-20(9-7-18)26-31(29,30)22-12-4-17(5-13-22)23(28)27(21-10-11-21)15-16-2-1-3-19(25)14-16/h1-9,12-14,21,26H,10-11,15H2. The molecule has 160 valence electrons. The van der Waals surface area contributed by atoms with Gasteiger partial charge in [0.25, 0.3) is 15.9 Å². The van der Waals surface area contributed by atoms with Crippen LogP contribution in [-0.2, 0) is 16.6 Å². The van der Waals surface area contributed by atoms with Crippen molar-refractivity contribution in [3.63, 3.8) is 0 Å². The lowest BCUT2D eigenvalue weighted by atomic mass is 10.1. The zero-order valence-corrected chi connectivity index (χ0v) is 17.3. The minimum absolute atomic E-state index is 0.0172. The summed E-state index contributed by atoms with van der Waals surface area (Å²) in [5.41, 5.74) is 1.28. The van der Waals surface area contributed by atoms with E-state index < -0.39 is 15.8 Å². The Kier molecular flexibility index (Phi) is 5.73. The Hall–Kier alpha value is -3.26. The van der Waals surface area contributed by atoms with E-state index in [0.29, 0.717) is 11.1 Å². The second kappa shape index (κ2) is 8.47. The molecule has 1 aliphatic carbocycles. The maximum atomic E-state index is 13.5. The van der Waals surface area contributed by atoms with Crippen LogP contribution < -0.4 is 4.72 Å². The highest BCUT2D eigenvalue weighted by molar-refractivity contribution is 7.92. The zero-order chi connectivity index (χ0) is 22.0. The predicted molar refractivity (Wildman–Crippen MR) is 113 cm³/mol. The maximum Gasteiger partial charge on any atom is 0.261 e. The topological polar surface area (TPSA) is 66.5 Å². The van der Waals surface area contributed by atoms with Gasteiger partial charge in [-0.3, -0.25) is 9.52 Å². The van der Waals surface area contributed by atoms with E-state index in [9.17, 15) is 22.0 Å². The van der Waals surface area contributed by atoms with Crippen LogP contribution in [0.2, 0.25) is 0 Å². The Morgan fingerprint density at radius 3 is 2.23 bits per heavy atom. The second-order valence-electron chi connectivity index (χ2n) is 7.43. The first-order chi connectivity index (χ1) is 14.8. The van der Waals surface area contributed by atoms with Crippen LogP contribution in [0, 0.1) is 11.6 Å². The van der Waals surface area contributed by atoms with Crippen LogP contribution in [0.15, 0.2) is 77.7 Å². The molecule has 3 aromatic rings. The highest BCUT2D eigenvalue weighted by Crippen LogP contribution is 2.30. The summed E-state index contributed by atoms with van der Waals surface area (Å²) in [4.78, 5) is 14.7. The molecule has 0 atom stereocenters. The summed E-state index contributed by atoms with van der Waals surface area (Å²) >= 11 is 0. The summed E-state index contributed by atoms with van der Waals surface area (Å²) in [6.07, 6.45) is 1.77. The van der Waals surface area contributed by atoms with Crippen molar-refractivity contribution >= 4 is 21.6 Å². The van der Waals surface area contributed by atoms with E-state index in [1.165, 1.54) is 48.5 Å². The van der Waals surface area contributed by atoms with Gasteiger partial charge in [0.1, 0.15) is 11.6 Å². The largest absolute Gasteiger partial charge is 0.331 e. The summed E-state index contributed by atoms with van der Waals surface area (Å²) in [5, 5.41) is 0. The van der Waals surface area contributed by atoms with Crippen LogP contribution >= 0.6 is 0 Å². The smallest absolute Gasteiger partial charge is 0.261 e. The fraction of sp³-hybridized carbons (Fsp3) is 0.174. The van der Waals surface area contributed by atoms with E-state index in [4.69, 9.17) is 0 Å². The number of nitrogens with one attached hydrogen (secondary N) is 1. The molecule has 8 heteroatoms. The van der Waals surface area contributed by atoms with Gasteiger partial charge in [0.15, 0.2) is 0 Å². The van der Waals surface area contributed by atoms with Gasteiger partial charge in [-0.1, -0.05) is 12.1 Å². The Labute approximate surface area is 179 Å². The fourth-order valence-electron chi connectivity index (χ4n) is 3.26. The van der Waals surface area contributed by atoms with Crippen molar-refractivity contribution in [2.24, 2.45) is 0 Å². The van der Waals surface area contributed by atoms with E-state index in [0.717, 1.165) is 25.0 Å². The Bertz CT molecular complexity index is 1190. The lowest BCUT2D eigenvalue weighted by molar-refractivity contribution is 0.0729. The predicted octanol–water partition coefficient (Wildman–Crippen LogP) is 4.57. The molecule has 0 saturated heterocycles. The van der Waals surface area contributed by atoms with Crippen molar-refractivity contribution in [1.82, 2.24) is 4.90 Å². The van der Waals surface area contributed by atoms with E-state index in [-0.39, 0.29) is 34.9 Å². The number of carbonyl (C=O) groups is 1. The number of anilines is 1. The number of hydrogen-bond acceptors (Lipinski definition) is 3. The maximum absolute atomic E-state index is 13.5. The third kappa shape index (κ3) is 5.08. The van der Waals surface area contributed by atoms with Gasteiger partial charge in [0.2, 0.25) is 0 Å². The first-order valence-electron chi connectivity index (χ1n) is 9.76. The molecule has 0 aromatic heterocycles. The number of rotatable bonds is 7. The monoisotopic (exact) mass is 442 g/mol. The van der Waals surface area contributed by atoms with E-state index >= 15 is 0 Å². The molecule has 0 heterocycles. The van der Waals surface area contributed by atoms with E-state index in [1.54, 1.807) is 17.0 Å². The van der Waals surface area contributed by atoms with Crippen molar-refractivity contribution in [2.45, 2.75) is 30.3 Å². The molecule has 3 aromatic carbocycles. The second-order valence-corrected chi connectivity index (χ2v) is 9.11. The lowest BCUT2D eigenvalue weighted by Gasteiger charge is -2.23. The summed E-state index contributed by atoms with van der Waals surface area (Å²) in [5.74, 6) is -1.06. The van der Waals surface area contributed by atoms with Crippen LogP contribution in [0.1, 0.15) is 28.8 Å². The molecule has 31 heavy (non-hydrogen) atoms. The molecule has 0 unspecified atom stereocenters. The van der Waals surface area contributed by atoms with Crippen LogP contribution in [0.25, 0.3) is 0 Å². The van der Waals surface area contributed by atoms with Crippen molar-refractivity contribution in [1.29, 1.82) is 0 Å². The highest BCUT2D eigenvalue weighted by atomic mass is 32.2. The molecule has 0 bridgehead atoms. The van der Waals surface area contributed by atoms with Gasteiger partial charge in [0, 0.05) is 23.8 Å². The summed E-state index contributed by atoms with van der Waals surface area (Å²) < 4.78 is 54.0. The van der Waals surface area contributed by atoms with E-state index in [2.05, 4.69) is 4.72 Å². The third-order valence-corrected chi connectivity index (χ3v) is 6.40. The van der Waals surface area contributed by atoms with Gasteiger partial charge in [-0.25, -0.2) is 17.2 Å². The molecule has 4 rings (SSSR count). The van der Waals surface area contributed by atoms with Crippen LogP contribution in [0.5, 0.6) is 0 Å². The Morgan fingerprint density at radius 2 is 1.61 bits per heavy atom. The van der Waals surface area contributed by atoms with Gasteiger partial charge in [-0.2, -0.15) is 0 Å². The average Bonchev–Trinajstić information content (AvgIpc) is 3.58. The van der Waals surface area contributed by atoms with Crippen molar-refractivity contribution in [3.8, 4) is 0 Å². The lowest BCUT2D eigenvalue weighted by Crippen LogP contribution is -2.32. The van der Waals surface area contributed by atoms with Gasteiger partial charge >= 0.3 is 0 Å². The average molecular weight is 442 g/mol. The zero-order valence-electron chi connectivity index (χ0n) is 16.5. The van der Waals surface area contributed by atoms with Gasteiger partial charge < -0.3 is 4.90 Å². The Morgan fingerprint density at radius 1 is 0.935 bits per heavy atom. The van der Waals surface area contributed by atoms with E-state index in [1.807, 2.05) is 0 Å². The molecule has 1 saturated carbocycles. The highest BCUT2D eigenvalue weighted by Gasteiger charge is 2.33. The molecule has 0 aliphatic heterocycles. The van der Waals surface area contributed by atoms with Gasteiger partial charge in [-0.05, 0) is 79.1 Å². The van der Waals surface area contributed by atoms with Crippen LogP contribution in [-0.4, -0.2) is 25.3 Å². The number of nitrogens with zero attached hydrogens (tertiary/aromatic N) is 1. The first-order valence-corrected chi connectivity index (χ1v) is 11.2. The number of amides is 1. The summed E-state index contributed by atoms with van der Waals surface area (Å²) in [7, 11) is -3.89. The van der Waals surface area contributed by atoms with Crippen LogP contribution in [0.4, 0.5) is 14.5 Å². The summed E-state index contributed by atoms with van der Waals surface area (Å²) in [6.45, 7) is 0.285. The molecule has 0 spiro atoms. The number of sulfonamides is 1. The number of halogens is 2. The van der Waals surface area contributed by atoms with Crippen LogP contribution in [0.3, 0.4) is 0 Å². The molecule has 1 aliphatic rings. The molecular formula is C23H20F2N2O3S. The quantitative estimate of drug-likeness (QED) is 0.583. The van der Waals surface area contributed by atoms with Gasteiger partial charge in [-0.15, -0.1) is 0 Å². The van der Waals surface area contributed by atoms with Gasteiger partial charge in [0.05, 0.1) is 4.90 Å². The Balaban J connectivity index is 1.50. The van der Waals surface area contributed by atoms with Crippen molar-refractivity contribution in [2.75, 3.05) is 4.72 Å². The molecule has 1 N–H and O–H groups in total. The number of hydrogen-bond donors (Lipinski definition) is 1. The SMILES string of the molecule is O=C(c1ccc(S(=O)(=O)Nc2ccc(F)cc2)cc1)N(Cc1cccc(F)c1)C1CC1. The first kappa shape index (κ1) is 21.0. The fourth-order valence-corrected chi connectivity index (χ4v) is 4.32. The molecule has 5 nitrogen and oxygen atoms in total. The molecular weight excluding hydrogens is 422 g/mol. The minimum atomic E-state index is -3.89.